The van der Waals surface area contributed by atoms with E-state index in [4.69, 9.17) is 16.3 Å². The molecule has 3 rings (SSSR count). The van der Waals surface area contributed by atoms with Crippen molar-refractivity contribution >= 4 is 17.6 Å². The Hall–Kier alpha value is -1.26. The van der Waals surface area contributed by atoms with Crippen molar-refractivity contribution in [2.75, 3.05) is 26.2 Å². The minimum absolute atomic E-state index is 0.307. The molecule has 0 aromatic heterocycles. The first-order valence-corrected chi connectivity index (χ1v) is 7.82. The van der Waals surface area contributed by atoms with Crippen molar-refractivity contribution in [3.63, 3.8) is 0 Å². The Morgan fingerprint density at radius 3 is 3.10 bits per heavy atom. The maximum atomic E-state index is 11.6. The number of halogens is 1. The van der Waals surface area contributed by atoms with Crippen LogP contribution in [0.15, 0.2) is 24.3 Å². The standard InChI is InChI=1S/C16H20ClNO3/c17-13-4-1-5-14(9-13)21-8-7-18-10-12-3-2-6-16(12,11-18)15(19)20/h1,4-5,9,12H,2-3,6-8,10-11H2,(H,19,20)/t12-,16+/m0/s1. The fourth-order valence-electron chi connectivity index (χ4n) is 3.76. The summed E-state index contributed by atoms with van der Waals surface area (Å²) in [5.74, 6) is 0.444. The molecule has 1 saturated heterocycles. The van der Waals surface area contributed by atoms with Gasteiger partial charge in [-0.15, -0.1) is 0 Å². The maximum Gasteiger partial charge on any atom is 0.311 e. The summed E-state index contributed by atoms with van der Waals surface area (Å²) in [6.45, 7) is 2.86. The molecule has 1 aromatic rings. The zero-order valence-corrected chi connectivity index (χ0v) is 12.7. The van der Waals surface area contributed by atoms with Gasteiger partial charge >= 0.3 is 5.97 Å². The van der Waals surface area contributed by atoms with Crippen molar-refractivity contribution in [3.05, 3.63) is 29.3 Å². The number of benzene rings is 1. The molecule has 1 heterocycles. The molecule has 0 unspecified atom stereocenters. The Kier molecular flexibility index (Phi) is 4.09. The summed E-state index contributed by atoms with van der Waals surface area (Å²) in [6, 6.07) is 7.34. The molecule has 2 atom stereocenters. The van der Waals surface area contributed by atoms with Crippen molar-refractivity contribution < 1.29 is 14.6 Å². The topological polar surface area (TPSA) is 49.8 Å². The average molecular weight is 310 g/mol. The van der Waals surface area contributed by atoms with Crippen LogP contribution >= 0.6 is 11.6 Å². The third-order valence-corrected chi connectivity index (χ3v) is 5.07. The number of carbonyl (C=O) groups is 1. The number of carboxylic acid groups (broad SMARTS) is 1. The summed E-state index contributed by atoms with van der Waals surface area (Å²) in [6.07, 6.45) is 2.90. The van der Waals surface area contributed by atoms with Crippen LogP contribution in [0.3, 0.4) is 0 Å². The molecule has 2 aliphatic rings. The van der Waals surface area contributed by atoms with E-state index in [1.54, 1.807) is 6.07 Å². The first-order chi connectivity index (χ1) is 10.1. The molecule has 1 N–H and O–H groups in total. The molecule has 0 bridgehead atoms. The van der Waals surface area contributed by atoms with Gasteiger partial charge in [0.25, 0.3) is 0 Å². The lowest BCUT2D eigenvalue weighted by Crippen LogP contribution is -2.36. The zero-order chi connectivity index (χ0) is 14.9. The highest BCUT2D eigenvalue weighted by Crippen LogP contribution is 2.48. The number of carboxylic acids is 1. The highest BCUT2D eigenvalue weighted by atomic mass is 35.5. The van der Waals surface area contributed by atoms with Crippen molar-refractivity contribution in [2.45, 2.75) is 19.3 Å². The number of hydrogen-bond acceptors (Lipinski definition) is 3. The van der Waals surface area contributed by atoms with Crippen molar-refractivity contribution in [1.82, 2.24) is 4.90 Å². The number of nitrogens with zero attached hydrogens (tertiary/aromatic N) is 1. The van der Waals surface area contributed by atoms with Gasteiger partial charge < -0.3 is 9.84 Å². The molecule has 1 aromatic carbocycles. The van der Waals surface area contributed by atoms with Crippen LogP contribution in [0.1, 0.15) is 19.3 Å². The predicted octanol–water partition coefficient (Wildman–Crippen LogP) is 2.91. The molecule has 114 valence electrons. The highest BCUT2D eigenvalue weighted by molar-refractivity contribution is 6.30. The van der Waals surface area contributed by atoms with E-state index < -0.39 is 11.4 Å². The van der Waals surface area contributed by atoms with E-state index in [-0.39, 0.29) is 0 Å². The van der Waals surface area contributed by atoms with E-state index >= 15 is 0 Å². The summed E-state index contributed by atoms with van der Waals surface area (Å²) in [7, 11) is 0. The Morgan fingerprint density at radius 2 is 2.38 bits per heavy atom. The second-order valence-corrected chi connectivity index (χ2v) is 6.53. The maximum absolute atomic E-state index is 11.6. The molecule has 21 heavy (non-hydrogen) atoms. The van der Waals surface area contributed by atoms with E-state index in [1.165, 1.54) is 0 Å². The van der Waals surface area contributed by atoms with E-state index in [1.807, 2.05) is 18.2 Å². The first-order valence-electron chi connectivity index (χ1n) is 7.44. The monoisotopic (exact) mass is 309 g/mol. The molecule has 0 amide bonds. The van der Waals surface area contributed by atoms with Gasteiger partial charge in [-0.2, -0.15) is 0 Å². The lowest BCUT2D eigenvalue weighted by molar-refractivity contribution is -0.149. The molecule has 1 saturated carbocycles. The molecule has 1 aliphatic carbocycles. The summed E-state index contributed by atoms with van der Waals surface area (Å²) in [5.41, 5.74) is -0.504. The first kappa shape index (κ1) is 14.7. The summed E-state index contributed by atoms with van der Waals surface area (Å²) < 4.78 is 5.69. The van der Waals surface area contributed by atoms with Crippen molar-refractivity contribution in [2.24, 2.45) is 11.3 Å². The smallest absolute Gasteiger partial charge is 0.311 e. The number of rotatable bonds is 5. The fraction of sp³-hybridized carbons (Fsp3) is 0.562. The molecule has 1 aliphatic heterocycles. The van der Waals surface area contributed by atoms with Crippen molar-refractivity contribution in [1.29, 1.82) is 0 Å². The fourth-order valence-corrected chi connectivity index (χ4v) is 3.94. The molecule has 2 fully saturated rings. The second kappa shape index (κ2) is 5.85. The number of aliphatic carboxylic acids is 1. The second-order valence-electron chi connectivity index (χ2n) is 6.09. The molecule has 4 nitrogen and oxygen atoms in total. The van der Waals surface area contributed by atoms with Crippen LogP contribution in [-0.4, -0.2) is 42.2 Å². The Bertz CT molecular complexity index is 536. The van der Waals surface area contributed by atoms with Gasteiger partial charge in [-0.25, -0.2) is 0 Å². The van der Waals surface area contributed by atoms with Gasteiger partial charge in [0.2, 0.25) is 0 Å². The minimum Gasteiger partial charge on any atom is -0.492 e. The summed E-state index contributed by atoms with van der Waals surface area (Å²) >= 11 is 5.91. The average Bonchev–Trinajstić information content (AvgIpc) is 2.96. The SMILES string of the molecule is O=C(O)[C@@]12CCC[C@H]1CN(CCOc1cccc(Cl)c1)C2. The molecule has 0 radical (unpaired) electrons. The third kappa shape index (κ3) is 2.87. The molecule has 0 spiro atoms. The van der Waals surface area contributed by atoms with Gasteiger partial charge in [-0.05, 0) is 37.0 Å². The van der Waals surface area contributed by atoms with Crippen LogP contribution in [0.2, 0.25) is 5.02 Å². The van der Waals surface area contributed by atoms with Crippen molar-refractivity contribution in [3.8, 4) is 5.75 Å². The van der Waals surface area contributed by atoms with Gasteiger partial charge in [-0.1, -0.05) is 24.1 Å². The number of hydrogen-bond donors (Lipinski definition) is 1. The van der Waals surface area contributed by atoms with Crippen LogP contribution < -0.4 is 4.74 Å². The lowest BCUT2D eigenvalue weighted by atomic mass is 9.81. The Labute approximate surface area is 129 Å². The lowest BCUT2D eigenvalue weighted by Gasteiger charge is -2.23. The van der Waals surface area contributed by atoms with Gasteiger partial charge in [-0.3, -0.25) is 9.69 Å². The normalized spacial score (nSPS) is 28.5. The Balaban J connectivity index is 1.52. The molecular weight excluding hydrogens is 290 g/mol. The number of likely N-dealkylation sites (tertiary alicyclic amines) is 1. The van der Waals surface area contributed by atoms with Crippen LogP contribution in [0.25, 0.3) is 0 Å². The largest absolute Gasteiger partial charge is 0.492 e. The van der Waals surface area contributed by atoms with Crippen LogP contribution in [0.5, 0.6) is 5.75 Å². The predicted molar refractivity (Wildman–Crippen MR) is 80.8 cm³/mol. The van der Waals surface area contributed by atoms with Crippen LogP contribution in [0.4, 0.5) is 0 Å². The van der Waals surface area contributed by atoms with E-state index in [0.717, 1.165) is 38.1 Å². The van der Waals surface area contributed by atoms with E-state index in [2.05, 4.69) is 4.90 Å². The van der Waals surface area contributed by atoms with E-state index in [0.29, 0.717) is 24.1 Å². The third-order valence-electron chi connectivity index (χ3n) is 4.84. The molecular formula is C16H20ClNO3. The van der Waals surface area contributed by atoms with Crippen LogP contribution in [-0.2, 0) is 4.79 Å². The molecule has 5 heteroatoms. The van der Waals surface area contributed by atoms with Gasteiger partial charge in [0.1, 0.15) is 12.4 Å². The number of ether oxygens (including phenoxy) is 1. The van der Waals surface area contributed by atoms with Gasteiger partial charge in [0.05, 0.1) is 5.41 Å². The van der Waals surface area contributed by atoms with E-state index in [9.17, 15) is 9.90 Å². The van der Waals surface area contributed by atoms with Gasteiger partial charge in [0, 0.05) is 24.7 Å². The quantitative estimate of drug-likeness (QED) is 0.908. The summed E-state index contributed by atoms with van der Waals surface area (Å²) in [4.78, 5) is 13.8. The van der Waals surface area contributed by atoms with Crippen LogP contribution in [0, 0.1) is 11.3 Å². The Morgan fingerprint density at radius 1 is 1.52 bits per heavy atom. The summed E-state index contributed by atoms with van der Waals surface area (Å²) in [5, 5.41) is 10.2. The van der Waals surface area contributed by atoms with Gasteiger partial charge in [0.15, 0.2) is 0 Å². The highest BCUT2D eigenvalue weighted by Gasteiger charge is 2.54. The minimum atomic E-state index is -0.622. The zero-order valence-electron chi connectivity index (χ0n) is 11.9. The number of fused-ring (bicyclic) bond motifs is 1.